The number of nitrogens with zero attached hydrogens (tertiary/aromatic N) is 2. The molecule has 1 saturated heterocycles. The predicted octanol–water partition coefficient (Wildman–Crippen LogP) is 3.39. The van der Waals surface area contributed by atoms with Crippen LogP contribution in [0.5, 0.6) is 11.5 Å². The van der Waals surface area contributed by atoms with Gasteiger partial charge in [-0.3, -0.25) is 14.5 Å². The minimum absolute atomic E-state index is 0.313. The number of hydrogen-bond acceptors (Lipinski definition) is 8. The fraction of sp³-hybridized carbons (Fsp3) is 0.222. The van der Waals surface area contributed by atoms with E-state index in [9.17, 15) is 9.59 Å². The highest BCUT2D eigenvalue weighted by atomic mass is 32.2. The summed E-state index contributed by atoms with van der Waals surface area (Å²) in [6.45, 7) is 1.63. The van der Waals surface area contributed by atoms with Crippen molar-refractivity contribution in [2.75, 3.05) is 19.5 Å². The molecule has 1 aliphatic rings. The van der Waals surface area contributed by atoms with E-state index in [2.05, 4.69) is 10.3 Å². The molecule has 1 unspecified atom stereocenters. The second kappa shape index (κ2) is 8.72. The van der Waals surface area contributed by atoms with E-state index in [-0.39, 0.29) is 11.8 Å². The average molecular weight is 436 g/mol. The molecule has 1 N–H and O–H groups in total. The predicted molar refractivity (Wildman–Crippen MR) is 115 cm³/mol. The van der Waals surface area contributed by atoms with E-state index in [1.54, 1.807) is 50.9 Å². The number of thiazole rings is 1. The number of benzene rings is 1. The largest absolute Gasteiger partial charge is 0.493 e. The second-order valence-corrected chi connectivity index (χ2v) is 8.24. The lowest BCUT2D eigenvalue weighted by atomic mass is 10.1. The molecule has 3 rings (SSSR count). The number of anilines is 1. The first-order valence-corrected chi connectivity index (χ1v) is 10.2. The zero-order valence-electron chi connectivity index (χ0n) is 15.3. The lowest BCUT2D eigenvalue weighted by Gasteiger charge is -2.21. The SMILES string of the molecule is COc1ccc(/C=C2\SC(=S)N(C(C)C(=O)Nc3nccs3)C2=O)cc1OC. The van der Waals surface area contributed by atoms with Gasteiger partial charge in [-0.05, 0) is 30.7 Å². The van der Waals surface area contributed by atoms with Gasteiger partial charge in [0.2, 0.25) is 5.91 Å². The molecule has 10 heteroatoms. The van der Waals surface area contributed by atoms with Gasteiger partial charge >= 0.3 is 0 Å². The van der Waals surface area contributed by atoms with Crippen LogP contribution in [-0.4, -0.2) is 46.3 Å². The number of ether oxygens (including phenoxy) is 2. The molecule has 1 atom stereocenters. The van der Waals surface area contributed by atoms with E-state index in [0.717, 1.165) is 17.3 Å². The van der Waals surface area contributed by atoms with Gasteiger partial charge in [0.05, 0.1) is 19.1 Å². The van der Waals surface area contributed by atoms with Crippen LogP contribution in [0.3, 0.4) is 0 Å². The van der Waals surface area contributed by atoms with Gasteiger partial charge in [-0.2, -0.15) is 0 Å². The molecular weight excluding hydrogens is 418 g/mol. The van der Waals surface area contributed by atoms with E-state index < -0.39 is 6.04 Å². The third kappa shape index (κ3) is 4.18. The molecule has 1 fully saturated rings. The van der Waals surface area contributed by atoms with Gasteiger partial charge in [-0.25, -0.2) is 4.98 Å². The van der Waals surface area contributed by atoms with Gasteiger partial charge in [0, 0.05) is 11.6 Å². The highest BCUT2D eigenvalue weighted by molar-refractivity contribution is 8.26. The second-order valence-electron chi connectivity index (χ2n) is 5.67. The molecule has 1 aliphatic heterocycles. The van der Waals surface area contributed by atoms with E-state index in [0.29, 0.717) is 25.9 Å². The molecule has 2 amide bonds. The summed E-state index contributed by atoms with van der Waals surface area (Å²) in [6, 6.07) is 4.58. The van der Waals surface area contributed by atoms with E-state index >= 15 is 0 Å². The maximum Gasteiger partial charge on any atom is 0.266 e. The molecule has 0 saturated carbocycles. The number of nitrogens with one attached hydrogen (secondary N) is 1. The van der Waals surface area contributed by atoms with Gasteiger partial charge in [0.25, 0.3) is 5.91 Å². The minimum atomic E-state index is -0.757. The topological polar surface area (TPSA) is 80.8 Å². The lowest BCUT2D eigenvalue weighted by molar-refractivity contribution is -0.129. The van der Waals surface area contributed by atoms with E-state index in [1.807, 2.05) is 6.07 Å². The fourth-order valence-electron chi connectivity index (χ4n) is 2.52. The Kier molecular flexibility index (Phi) is 6.32. The number of amides is 2. The third-order valence-corrected chi connectivity index (χ3v) is 5.98. The van der Waals surface area contributed by atoms with Crippen LogP contribution in [0.15, 0.2) is 34.7 Å². The highest BCUT2D eigenvalue weighted by Crippen LogP contribution is 2.35. The van der Waals surface area contributed by atoms with Gasteiger partial charge in [-0.15, -0.1) is 11.3 Å². The summed E-state index contributed by atoms with van der Waals surface area (Å²) in [4.78, 5) is 31.1. The molecule has 0 spiro atoms. The molecule has 0 aliphatic carbocycles. The third-order valence-electron chi connectivity index (χ3n) is 3.96. The Balaban J connectivity index is 1.79. The highest BCUT2D eigenvalue weighted by Gasteiger charge is 2.38. The van der Waals surface area contributed by atoms with Crippen molar-refractivity contribution in [1.82, 2.24) is 9.88 Å². The van der Waals surface area contributed by atoms with Gasteiger partial charge < -0.3 is 14.8 Å². The number of carbonyl (C=O) groups excluding carboxylic acids is 2. The van der Waals surface area contributed by atoms with Crippen LogP contribution in [0.2, 0.25) is 0 Å². The van der Waals surface area contributed by atoms with Crippen molar-refractivity contribution in [3.8, 4) is 11.5 Å². The maximum absolute atomic E-state index is 12.8. The van der Waals surface area contributed by atoms with Crippen LogP contribution in [0.4, 0.5) is 5.13 Å². The number of rotatable bonds is 6. The zero-order chi connectivity index (χ0) is 20.3. The van der Waals surface area contributed by atoms with Crippen LogP contribution in [0.25, 0.3) is 6.08 Å². The van der Waals surface area contributed by atoms with Gasteiger partial charge in [0.1, 0.15) is 10.4 Å². The van der Waals surface area contributed by atoms with Crippen molar-refractivity contribution in [2.45, 2.75) is 13.0 Å². The summed E-state index contributed by atoms with van der Waals surface area (Å²) in [6.07, 6.45) is 3.31. The van der Waals surface area contributed by atoms with Crippen LogP contribution in [0.1, 0.15) is 12.5 Å². The molecule has 2 aromatic rings. The van der Waals surface area contributed by atoms with E-state index in [1.165, 1.54) is 16.2 Å². The Hall–Kier alpha value is -2.43. The van der Waals surface area contributed by atoms with Gasteiger partial charge in [0.15, 0.2) is 16.6 Å². The average Bonchev–Trinajstić information content (AvgIpc) is 3.29. The van der Waals surface area contributed by atoms with Crippen molar-refractivity contribution in [2.24, 2.45) is 0 Å². The summed E-state index contributed by atoms with van der Waals surface area (Å²) in [7, 11) is 3.10. The first-order chi connectivity index (χ1) is 13.4. The number of hydrogen-bond donors (Lipinski definition) is 1. The first kappa shape index (κ1) is 20.3. The molecular formula is C18H17N3O4S3. The Morgan fingerprint density at radius 2 is 2.07 bits per heavy atom. The molecule has 7 nitrogen and oxygen atoms in total. The number of methoxy groups -OCH3 is 2. The summed E-state index contributed by atoms with van der Waals surface area (Å²) in [5, 5.41) is 4.92. The number of thioether (sulfide) groups is 1. The Labute approximate surface area is 175 Å². The molecule has 2 heterocycles. The quantitative estimate of drug-likeness (QED) is 0.550. The Morgan fingerprint density at radius 1 is 1.32 bits per heavy atom. The van der Waals surface area contributed by atoms with Crippen LogP contribution in [0, 0.1) is 0 Å². The Morgan fingerprint density at radius 3 is 2.71 bits per heavy atom. The normalized spacial score (nSPS) is 16.4. The molecule has 1 aromatic heterocycles. The molecule has 1 aromatic carbocycles. The van der Waals surface area contributed by atoms with Crippen molar-refractivity contribution >= 4 is 62.7 Å². The smallest absolute Gasteiger partial charge is 0.266 e. The fourth-order valence-corrected chi connectivity index (χ4v) is 4.47. The van der Waals surface area contributed by atoms with Crippen molar-refractivity contribution in [3.05, 3.63) is 40.2 Å². The number of thiocarbonyl (C=S) groups is 1. The van der Waals surface area contributed by atoms with Crippen molar-refractivity contribution < 1.29 is 19.1 Å². The molecule has 28 heavy (non-hydrogen) atoms. The van der Waals surface area contributed by atoms with Crippen molar-refractivity contribution in [1.29, 1.82) is 0 Å². The van der Waals surface area contributed by atoms with E-state index in [4.69, 9.17) is 21.7 Å². The summed E-state index contributed by atoms with van der Waals surface area (Å²) in [5.74, 6) is 0.493. The number of aromatic nitrogens is 1. The summed E-state index contributed by atoms with van der Waals surface area (Å²) >= 11 is 7.79. The maximum atomic E-state index is 12.8. The van der Waals surface area contributed by atoms with Crippen LogP contribution >= 0.6 is 35.3 Å². The standard InChI is InChI=1S/C18H17N3O4S3/c1-10(15(22)20-17-19-6-7-27-17)21-16(23)14(28-18(21)26)9-11-4-5-12(24-2)13(8-11)25-3/h4-10H,1-3H3,(H,19,20,22)/b14-9-. The summed E-state index contributed by atoms with van der Waals surface area (Å²) < 4.78 is 10.8. The number of carbonyl (C=O) groups is 2. The van der Waals surface area contributed by atoms with Crippen LogP contribution in [-0.2, 0) is 9.59 Å². The lowest BCUT2D eigenvalue weighted by Crippen LogP contribution is -2.44. The first-order valence-electron chi connectivity index (χ1n) is 8.14. The molecule has 146 valence electrons. The zero-order valence-corrected chi connectivity index (χ0v) is 17.7. The van der Waals surface area contributed by atoms with Gasteiger partial charge in [-0.1, -0.05) is 30.0 Å². The molecule has 0 bridgehead atoms. The Bertz CT molecular complexity index is 944. The molecule has 0 radical (unpaired) electrons. The van der Waals surface area contributed by atoms with Crippen LogP contribution < -0.4 is 14.8 Å². The van der Waals surface area contributed by atoms with Crippen molar-refractivity contribution in [3.63, 3.8) is 0 Å². The monoisotopic (exact) mass is 435 g/mol. The minimum Gasteiger partial charge on any atom is -0.493 e. The summed E-state index contributed by atoms with van der Waals surface area (Å²) in [5.41, 5.74) is 0.762.